The van der Waals surface area contributed by atoms with Crippen LogP contribution < -0.4 is 4.74 Å². The van der Waals surface area contributed by atoms with Crippen molar-refractivity contribution in [2.24, 2.45) is 5.92 Å². The quantitative estimate of drug-likeness (QED) is 0.415. The maximum absolute atomic E-state index is 11.6. The second-order valence-electron chi connectivity index (χ2n) is 9.35. The van der Waals surface area contributed by atoms with E-state index in [1.807, 2.05) is 12.1 Å². The molecule has 1 atom stereocenters. The van der Waals surface area contributed by atoms with Crippen LogP contribution in [-0.2, 0) is 19.3 Å². The molecule has 0 saturated heterocycles. The number of phenols is 1. The lowest BCUT2D eigenvalue weighted by Gasteiger charge is -2.34. The molecule has 3 heteroatoms. The molecular weight excluding hydrogens is 394 g/mol. The molecule has 0 bridgehead atoms. The molecule has 170 valence electrons. The molecule has 2 N–H and O–H groups in total. The van der Waals surface area contributed by atoms with Gasteiger partial charge in [-0.25, -0.2) is 0 Å². The van der Waals surface area contributed by atoms with Gasteiger partial charge in [-0.1, -0.05) is 64.7 Å². The summed E-state index contributed by atoms with van der Waals surface area (Å²) in [6, 6.07) is 6.06. The van der Waals surface area contributed by atoms with Gasteiger partial charge in [0.15, 0.2) is 0 Å². The smallest absolute Gasteiger partial charge is 0.129 e. The number of nitrogens with one attached hydrogen (secondary N) is 1. The number of fused-ring (bicyclic) bond motifs is 3. The highest BCUT2D eigenvalue weighted by Gasteiger charge is 2.36. The maximum atomic E-state index is 11.6. The fourth-order valence-corrected chi connectivity index (χ4v) is 5.82. The number of hydrogen-bond donors (Lipinski definition) is 2. The Bertz CT molecular complexity index is 1060. The molecule has 2 aliphatic rings. The molecule has 0 aliphatic heterocycles. The predicted octanol–water partition coefficient (Wildman–Crippen LogP) is 7.22. The van der Waals surface area contributed by atoms with Gasteiger partial charge in [0.1, 0.15) is 11.5 Å². The van der Waals surface area contributed by atoms with Gasteiger partial charge in [-0.3, -0.25) is 5.41 Å². The normalized spacial score (nSPS) is 18.3. The van der Waals surface area contributed by atoms with E-state index in [4.69, 9.17) is 4.74 Å². The van der Waals surface area contributed by atoms with Gasteiger partial charge in [-0.15, -0.1) is 0 Å². The average molecular weight is 432 g/mol. The molecule has 3 nitrogen and oxygen atoms in total. The Hall–Kier alpha value is -2.55. The first-order chi connectivity index (χ1) is 15.6. The number of benzene rings is 2. The van der Waals surface area contributed by atoms with E-state index < -0.39 is 0 Å². The Kier molecular flexibility index (Phi) is 6.74. The Morgan fingerprint density at radius 1 is 1.06 bits per heavy atom. The first-order valence-electron chi connectivity index (χ1n) is 12.4. The van der Waals surface area contributed by atoms with Crippen LogP contribution >= 0.6 is 0 Å². The van der Waals surface area contributed by atoms with Crippen molar-refractivity contribution in [3.63, 3.8) is 0 Å². The van der Waals surface area contributed by atoms with Gasteiger partial charge in [0, 0.05) is 0 Å². The van der Waals surface area contributed by atoms with Gasteiger partial charge in [0.05, 0.1) is 23.9 Å². The molecule has 32 heavy (non-hydrogen) atoms. The van der Waals surface area contributed by atoms with E-state index in [2.05, 4.69) is 32.9 Å². The van der Waals surface area contributed by atoms with Crippen LogP contribution in [-0.4, -0.2) is 17.9 Å². The monoisotopic (exact) mass is 431 g/mol. The second kappa shape index (κ2) is 9.52. The van der Waals surface area contributed by atoms with Gasteiger partial charge in [0.2, 0.25) is 0 Å². The van der Waals surface area contributed by atoms with Crippen LogP contribution in [0, 0.1) is 11.3 Å². The van der Waals surface area contributed by atoms with Crippen LogP contribution in [0.2, 0.25) is 0 Å². The number of ether oxygens (including phenoxy) is 1. The fraction of sp³-hybridized carbons (Fsp3) is 0.483. The van der Waals surface area contributed by atoms with E-state index in [0.29, 0.717) is 23.1 Å². The molecule has 0 spiro atoms. The van der Waals surface area contributed by atoms with Gasteiger partial charge in [-0.05, 0) is 77.5 Å². The van der Waals surface area contributed by atoms with Crippen molar-refractivity contribution in [2.45, 2.75) is 78.6 Å². The van der Waals surface area contributed by atoms with Crippen molar-refractivity contribution in [2.75, 3.05) is 7.11 Å². The molecule has 2 aromatic carbocycles. The SMILES string of the molecule is CCC/C=C1/c2cccc(OC)c2C(=N)c2c(O)c3c(c(CCC)c21)CC(CCC)CC3. The first kappa shape index (κ1) is 22.6. The maximum Gasteiger partial charge on any atom is 0.129 e. The Labute approximate surface area is 193 Å². The lowest BCUT2D eigenvalue weighted by Crippen LogP contribution is -2.23. The summed E-state index contributed by atoms with van der Waals surface area (Å²) in [7, 11) is 1.66. The lowest BCUT2D eigenvalue weighted by molar-refractivity contribution is 0.403. The van der Waals surface area contributed by atoms with Crippen LogP contribution in [0.3, 0.4) is 0 Å². The van der Waals surface area contributed by atoms with Crippen LogP contribution in [0.1, 0.15) is 98.2 Å². The zero-order valence-electron chi connectivity index (χ0n) is 20.1. The highest BCUT2D eigenvalue weighted by atomic mass is 16.5. The van der Waals surface area contributed by atoms with Gasteiger partial charge >= 0.3 is 0 Å². The van der Waals surface area contributed by atoms with Crippen molar-refractivity contribution < 1.29 is 9.84 Å². The Morgan fingerprint density at radius 2 is 1.88 bits per heavy atom. The summed E-state index contributed by atoms with van der Waals surface area (Å²) < 4.78 is 5.67. The number of phenolic OH excluding ortho intramolecular Hbond substituents is 1. The molecule has 0 aromatic heterocycles. The Balaban J connectivity index is 2.04. The summed E-state index contributed by atoms with van der Waals surface area (Å²) >= 11 is 0. The number of unbranched alkanes of at least 4 members (excludes halogenated alkanes) is 1. The standard InChI is InChI=1S/C29H37NO2/c1-5-8-12-20-21-13-9-14-24(32-4)26(21)28(30)27-25(20)19(11-7-3)23-17-18(10-6-2)15-16-22(23)29(27)31/h9,12-14,18,30-31H,5-8,10-11,15-17H2,1-4H3/b20-12-,30-28?. The van der Waals surface area contributed by atoms with E-state index in [9.17, 15) is 10.5 Å². The number of aromatic hydroxyl groups is 1. The third-order valence-electron chi connectivity index (χ3n) is 7.24. The third-order valence-corrected chi connectivity index (χ3v) is 7.24. The van der Waals surface area contributed by atoms with Gasteiger partial charge in [-0.2, -0.15) is 0 Å². The van der Waals surface area contributed by atoms with Gasteiger partial charge in [0.25, 0.3) is 0 Å². The average Bonchev–Trinajstić information content (AvgIpc) is 2.80. The van der Waals surface area contributed by atoms with Crippen molar-refractivity contribution in [1.29, 1.82) is 5.41 Å². The zero-order valence-corrected chi connectivity index (χ0v) is 20.1. The Morgan fingerprint density at radius 3 is 2.56 bits per heavy atom. The van der Waals surface area contributed by atoms with Crippen LogP contribution in [0.25, 0.3) is 5.57 Å². The molecule has 0 fully saturated rings. The van der Waals surface area contributed by atoms with E-state index >= 15 is 0 Å². The molecule has 2 aromatic rings. The minimum absolute atomic E-state index is 0.341. The van der Waals surface area contributed by atoms with E-state index in [1.54, 1.807) is 7.11 Å². The number of allylic oxidation sites excluding steroid dienone is 1. The summed E-state index contributed by atoms with van der Waals surface area (Å²) in [5.41, 5.74) is 9.11. The molecule has 0 radical (unpaired) electrons. The highest BCUT2D eigenvalue weighted by molar-refractivity contribution is 6.23. The fourth-order valence-electron chi connectivity index (χ4n) is 5.82. The van der Waals surface area contributed by atoms with Crippen LogP contribution in [0.15, 0.2) is 24.3 Å². The summed E-state index contributed by atoms with van der Waals surface area (Å²) in [6.45, 7) is 6.70. The van der Waals surface area contributed by atoms with Crippen molar-refractivity contribution in [1.82, 2.24) is 0 Å². The molecular formula is C29H37NO2. The molecule has 0 amide bonds. The molecule has 0 saturated carbocycles. The molecule has 0 heterocycles. The summed E-state index contributed by atoms with van der Waals surface area (Å²) in [6.07, 6.45) is 12.0. The molecule has 2 aliphatic carbocycles. The predicted molar refractivity (Wildman–Crippen MR) is 133 cm³/mol. The second-order valence-corrected chi connectivity index (χ2v) is 9.35. The molecule has 1 unspecified atom stereocenters. The lowest BCUT2D eigenvalue weighted by atomic mass is 9.70. The van der Waals surface area contributed by atoms with Crippen LogP contribution in [0.5, 0.6) is 11.5 Å². The summed E-state index contributed by atoms with van der Waals surface area (Å²) in [5, 5.41) is 20.8. The number of rotatable bonds is 7. The van der Waals surface area contributed by atoms with Crippen LogP contribution in [0.4, 0.5) is 0 Å². The largest absolute Gasteiger partial charge is 0.507 e. The van der Waals surface area contributed by atoms with E-state index in [-0.39, 0.29) is 0 Å². The van der Waals surface area contributed by atoms with Gasteiger partial charge < -0.3 is 9.84 Å². The van der Waals surface area contributed by atoms with E-state index in [0.717, 1.165) is 72.8 Å². The topological polar surface area (TPSA) is 53.3 Å². The minimum atomic E-state index is 0.341. The zero-order chi connectivity index (χ0) is 22.8. The summed E-state index contributed by atoms with van der Waals surface area (Å²) in [5.74, 6) is 1.74. The third kappa shape index (κ3) is 3.66. The molecule has 4 rings (SSSR count). The first-order valence-corrected chi connectivity index (χ1v) is 12.4. The van der Waals surface area contributed by atoms with Crippen molar-refractivity contribution >= 4 is 11.3 Å². The number of methoxy groups -OCH3 is 1. The highest BCUT2D eigenvalue weighted by Crippen LogP contribution is 2.49. The van der Waals surface area contributed by atoms with Crippen molar-refractivity contribution in [3.8, 4) is 11.5 Å². The minimum Gasteiger partial charge on any atom is -0.507 e. The van der Waals surface area contributed by atoms with Crippen molar-refractivity contribution in [3.05, 3.63) is 63.2 Å². The van der Waals surface area contributed by atoms with E-state index in [1.165, 1.54) is 29.5 Å². The summed E-state index contributed by atoms with van der Waals surface area (Å²) in [4.78, 5) is 0. The number of hydrogen-bond acceptors (Lipinski definition) is 3.